The number of rotatable bonds is 7. The number of hydrogen-bond donors (Lipinski definition) is 2. The molecule has 0 spiro atoms. The van der Waals surface area contributed by atoms with E-state index in [1.165, 1.54) is 7.11 Å². The molecule has 7 nitrogen and oxygen atoms in total. The molecule has 0 aliphatic rings. The van der Waals surface area contributed by atoms with Gasteiger partial charge in [0.15, 0.2) is 11.5 Å². The van der Waals surface area contributed by atoms with Gasteiger partial charge in [-0.25, -0.2) is 4.98 Å². The summed E-state index contributed by atoms with van der Waals surface area (Å²) in [5, 5.41) is 9.75. The van der Waals surface area contributed by atoms with E-state index in [1.54, 1.807) is 19.2 Å². The van der Waals surface area contributed by atoms with Crippen LogP contribution in [-0.2, 0) is 6.54 Å². The fourth-order valence-corrected chi connectivity index (χ4v) is 2.83. The third-order valence-corrected chi connectivity index (χ3v) is 3.75. The highest BCUT2D eigenvalue weighted by molar-refractivity contribution is 5.81. The smallest absolute Gasteiger partial charge is 0.258 e. The summed E-state index contributed by atoms with van der Waals surface area (Å²) in [6, 6.07) is 3.33. The summed E-state index contributed by atoms with van der Waals surface area (Å²) in [6.07, 6.45) is 0. The van der Waals surface area contributed by atoms with E-state index in [0.717, 1.165) is 6.54 Å². The summed E-state index contributed by atoms with van der Waals surface area (Å²) in [5.74, 6) is 1.58. The van der Waals surface area contributed by atoms with Crippen LogP contribution in [0, 0.1) is 5.41 Å². The van der Waals surface area contributed by atoms with Crippen LogP contribution in [-0.4, -0.2) is 53.9 Å². The maximum Gasteiger partial charge on any atom is 0.258 e. The van der Waals surface area contributed by atoms with Crippen molar-refractivity contribution in [3.63, 3.8) is 0 Å². The largest absolute Gasteiger partial charge is 0.493 e. The molecule has 2 rings (SSSR count). The Labute approximate surface area is 147 Å². The molecule has 0 saturated heterocycles. The lowest BCUT2D eigenvalue weighted by molar-refractivity contribution is 0.143. The monoisotopic (exact) mass is 349 g/mol. The second-order valence-corrected chi connectivity index (χ2v) is 7.23. The average Bonchev–Trinajstić information content (AvgIpc) is 2.52. The van der Waals surface area contributed by atoms with E-state index in [0.29, 0.717) is 41.3 Å². The molecular weight excluding hydrogens is 322 g/mol. The maximum atomic E-state index is 12.4. The average molecular weight is 349 g/mol. The second kappa shape index (κ2) is 7.84. The van der Waals surface area contributed by atoms with Crippen molar-refractivity contribution in [3.05, 3.63) is 28.3 Å². The van der Waals surface area contributed by atoms with Gasteiger partial charge < -0.3 is 19.6 Å². The molecule has 1 aromatic carbocycles. The van der Waals surface area contributed by atoms with Crippen molar-refractivity contribution >= 4 is 10.9 Å². The summed E-state index contributed by atoms with van der Waals surface area (Å²) in [4.78, 5) is 21.9. The van der Waals surface area contributed by atoms with Gasteiger partial charge in [0.25, 0.3) is 5.56 Å². The molecule has 1 aromatic heterocycles. The Morgan fingerprint density at radius 1 is 1.20 bits per heavy atom. The Balaban J connectivity index is 2.40. The number of ether oxygens (including phenoxy) is 2. The molecule has 7 heteroatoms. The molecule has 0 atom stereocenters. The predicted octanol–water partition coefficient (Wildman–Crippen LogP) is 1.78. The molecule has 0 aliphatic carbocycles. The highest BCUT2D eigenvalue weighted by Gasteiger charge is 2.18. The molecule has 25 heavy (non-hydrogen) atoms. The maximum absolute atomic E-state index is 12.4. The van der Waals surface area contributed by atoms with E-state index in [-0.39, 0.29) is 17.6 Å². The number of nitrogens with one attached hydrogen (secondary N) is 1. The molecule has 0 fully saturated rings. The van der Waals surface area contributed by atoms with Gasteiger partial charge in [0.2, 0.25) is 0 Å². The van der Waals surface area contributed by atoms with Crippen LogP contribution in [0.15, 0.2) is 16.9 Å². The van der Waals surface area contributed by atoms with E-state index in [4.69, 9.17) is 9.47 Å². The Morgan fingerprint density at radius 3 is 2.40 bits per heavy atom. The minimum absolute atomic E-state index is 0.0545. The van der Waals surface area contributed by atoms with Crippen molar-refractivity contribution in [1.82, 2.24) is 14.9 Å². The van der Waals surface area contributed by atoms with Crippen molar-refractivity contribution in [2.45, 2.75) is 27.3 Å². The van der Waals surface area contributed by atoms with Crippen LogP contribution in [0.5, 0.6) is 11.5 Å². The van der Waals surface area contributed by atoms with Crippen LogP contribution < -0.4 is 15.0 Å². The highest BCUT2D eigenvalue weighted by Crippen LogP contribution is 2.30. The number of benzene rings is 1. The lowest BCUT2D eigenvalue weighted by Crippen LogP contribution is -2.35. The van der Waals surface area contributed by atoms with Gasteiger partial charge in [-0.05, 0) is 11.5 Å². The standard InChI is InChI=1S/C18H27N3O4/c1-18(2,3)11-21(6-7-22)10-16-19-13-9-15(25-5)14(24-4)8-12(13)17(23)20-16/h8-9,22H,6-7,10-11H2,1-5H3,(H,19,20,23). The van der Waals surface area contributed by atoms with Crippen molar-refractivity contribution in [2.75, 3.05) is 33.9 Å². The van der Waals surface area contributed by atoms with E-state index in [2.05, 4.69) is 35.6 Å². The Hall–Kier alpha value is -2.12. The van der Waals surface area contributed by atoms with Crippen molar-refractivity contribution < 1.29 is 14.6 Å². The Morgan fingerprint density at radius 2 is 1.84 bits per heavy atom. The van der Waals surface area contributed by atoms with Crippen LogP contribution in [0.4, 0.5) is 0 Å². The highest BCUT2D eigenvalue weighted by atomic mass is 16.5. The normalized spacial score (nSPS) is 12.0. The van der Waals surface area contributed by atoms with E-state index >= 15 is 0 Å². The number of aliphatic hydroxyl groups is 1. The van der Waals surface area contributed by atoms with Gasteiger partial charge in [0, 0.05) is 19.2 Å². The first-order valence-corrected chi connectivity index (χ1v) is 8.25. The molecule has 0 amide bonds. The fourth-order valence-electron chi connectivity index (χ4n) is 2.83. The van der Waals surface area contributed by atoms with Crippen molar-refractivity contribution in [3.8, 4) is 11.5 Å². The number of fused-ring (bicyclic) bond motifs is 1. The third-order valence-electron chi connectivity index (χ3n) is 3.75. The first-order chi connectivity index (χ1) is 11.8. The second-order valence-electron chi connectivity index (χ2n) is 7.23. The molecule has 0 aliphatic heterocycles. The number of aromatic nitrogens is 2. The zero-order valence-corrected chi connectivity index (χ0v) is 15.5. The molecule has 0 bridgehead atoms. The summed E-state index contributed by atoms with van der Waals surface area (Å²) in [7, 11) is 3.07. The van der Waals surface area contributed by atoms with Gasteiger partial charge in [-0.15, -0.1) is 0 Å². The Bertz CT molecular complexity index is 780. The minimum Gasteiger partial charge on any atom is -0.493 e. The first kappa shape index (κ1) is 19.2. The molecule has 138 valence electrons. The van der Waals surface area contributed by atoms with Crippen LogP contribution in [0.1, 0.15) is 26.6 Å². The van der Waals surface area contributed by atoms with Gasteiger partial charge in [-0.1, -0.05) is 20.8 Å². The van der Waals surface area contributed by atoms with E-state index < -0.39 is 0 Å². The van der Waals surface area contributed by atoms with Gasteiger partial charge in [-0.2, -0.15) is 0 Å². The lowest BCUT2D eigenvalue weighted by Gasteiger charge is -2.29. The van der Waals surface area contributed by atoms with Gasteiger partial charge in [0.05, 0.1) is 38.3 Å². The molecular formula is C18H27N3O4. The molecule has 1 heterocycles. The lowest BCUT2D eigenvalue weighted by atomic mass is 9.96. The molecule has 0 saturated carbocycles. The minimum atomic E-state index is -0.222. The quantitative estimate of drug-likeness (QED) is 0.792. The van der Waals surface area contributed by atoms with Gasteiger partial charge in [0.1, 0.15) is 5.82 Å². The van der Waals surface area contributed by atoms with Crippen molar-refractivity contribution in [2.24, 2.45) is 5.41 Å². The Kier molecular flexibility index (Phi) is 6.02. The summed E-state index contributed by atoms with van der Waals surface area (Å²) in [5.41, 5.74) is 0.403. The first-order valence-electron chi connectivity index (χ1n) is 8.25. The third kappa shape index (κ3) is 4.93. The number of nitrogens with zero attached hydrogens (tertiary/aromatic N) is 2. The summed E-state index contributed by atoms with van der Waals surface area (Å²) < 4.78 is 10.5. The molecule has 0 radical (unpaired) electrons. The number of methoxy groups -OCH3 is 2. The van der Waals surface area contributed by atoms with Crippen molar-refractivity contribution in [1.29, 1.82) is 0 Å². The number of H-pyrrole nitrogens is 1. The van der Waals surface area contributed by atoms with Crippen LogP contribution >= 0.6 is 0 Å². The summed E-state index contributed by atoms with van der Waals surface area (Å²) >= 11 is 0. The zero-order chi connectivity index (χ0) is 18.6. The topological polar surface area (TPSA) is 87.7 Å². The van der Waals surface area contributed by atoms with Gasteiger partial charge >= 0.3 is 0 Å². The zero-order valence-electron chi connectivity index (χ0n) is 15.5. The van der Waals surface area contributed by atoms with E-state index in [9.17, 15) is 9.90 Å². The van der Waals surface area contributed by atoms with Crippen LogP contribution in [0.3, 0.4) is 0 Å². The summed E-state index contributed by atoms with van der Waals surface area (Å²) in [6.45, 7) is 8.20. The number of aromatic amines is 1. The SMILES string of the molecule is COc1cc2nc(CN(CCO)CC(C)(C)C)[nH]c(=O)c2cc1OC. The molecule has 2 N–H and O–H groups in total. The molecule has 0 unspecified atom stereocenters. The predicted molar refractivity (Wildman–Crippen MR) is 97.3 cm³/mol. The fraction of sp³-hybridized carbons (Fsp3) is 0.556. The van der Waals surface area contributed by atoms with Crippen LogP contribution in [0.25, 0.3) is 10.9 Å². The van der Waals surface area contributed by atoms with Crippen LogP contribution in [0.2, 0.25) is 0 Å². The number of hydrogen-bond acceptors (Lipinski definition) is 6. The number of aliphatic hydroxyl groups excluding tert-OH is 1. The molecule has 2 aromatic rings. The van der Waals surface area contributed by atoms with Gasteiger partial charge in [-0.3, -0.25) is 9.69 Å². The van der Waals surface area contributed by atoms with E-state index in [1.807, 2.05) is 0 Å².